The third kappa shape index (κ3) is 5.06. The van der Waals surface area contributed by atoms with Crippen molar-refractivity contribution in [2.75, 3.05) is 20.8 Å². The first-order valence-corrected chi connectivity index (χ1v) is 10.1. The lowest BCUT2D eigenvalue weighted by Gasteiger charge is -2.13. The molecule has 3 rings (SSSR count). The van der Waals surface area contributed by atoms with E-state index in [1.165, 1.54) is 13.2 Å². The van der Waals surface area contributed by atoms with Gasteiger partial charge in [-0.05, 0) is 49.2 Å². The second-order valence-electron chi connectivity index (χ2n) is 6.85. The second kappa shape index (κ2) is 10.4. The first-order valence-electron chi connectivity index (χ1n) is 10.1. The number of aromatic nitrogens is 1. The van der Waals surface area contributed by atoms with Crippen LogP contribution in [0.3, 0.4) is 0 Å². The molecule has 32 heavy (non-hydrogen) atoms. The van der Waals surface area contributed by atoms with E-state index >= 15 is 0 Å². The largest absolute Gasteiger partial charge is 0.493 e. The van der Waals surface area contributed by atoms with Crippen LogP contribution in [0.2, 0.25) is 0 Å². The Morgan fingerprint density at radius 3 is 2.56 bits per heavy atom. The summed E-state index contributed by atoms with van der Waals surface area (Å²) in [6.07, 6.45) is 2.92. The monoisotopic (exact) mass is 435 g/mol. The standard InChI is InChI=1S/C25H25NO6/c1-5-31-21-12-10-17(14-22(21)29-3)11-13-23(27)32-15-20-24(25(28)30-4)16(2)18-8-6-7-9-19(18)26-20/h6-14H,5,15H2,1-4H3/b13-11+. The van der Waals surface area contributed by atoms with Crippen molar-refractivity contribution in [1.82, 2.24) is 4.98 Å². The van der Waals surface area contributed by atoms with Gasteiger partial charge < -0.3 is 18.9 Å². The summed E-state index contributed by atoms with van der Waals surface area (Å²) < 4.78 is 21.1. The van der Waals surface area contributed by atoms with Gasteiger partial charge in [0.1, 0.15) is 6.61 Å². The van der Waals surface area contributed by atoms with Crippen LogP contribution in [-0.4, -0.2) is 37.7 Å². The summed E-state index contributed by atoms with van der Waals surface area (Å²) >= 11 is 0. The van der Waals surface area contributed by atoms with E-state index in [1.54, 1.807) is 31.4 Å². The number of carbonyl (C=O) groups is 2. The van der Waals surface area contributed by atoms with Crippen molar-refractivity contribution in [3.8, 4) is 11.5 Å². The number of ether oxygens (including phenoxy) is 4. The molecule has 0 fully saturated rings. The van der Waals surface area contributed by atoms with Crippen molar-refractivity contribution in [3.63, 3.8) is 0 Å². The van der Waals surface area contributed by atoms with Crippen LogP contribution in [0.25, 0.3) is 17.0 Å². The molecule has 0 aliphatic heterocycles. The maximum atomic E-state index is 12.3. The van der Waals surface area contributed by atoms with Crippen LogP contribution >= 0.6 is 0 Å². The molecule has 0 aliphatic carbocycles. The molecule has 7 nitrogen and oxygen atoms in total. The number of para-hydroxylation sites is 1. The molecule has 3 aromatic rings. The third-order valence-electron chi connectivity index (χ3n) is 4.87. The van der Waals surface area contributed by atoms with Crippen LogP contribution < -0.4 is 9.47 Å². The Kier molecular flexibility index (Phi) is 7.44. The van der Waals surface area contributed by atoms with Crippen molar-refractivity contribution in [2.24, 2.45) is 0 Å². The number of esters is 2. The van der Waals surface area contributed by atoms with Crippen LogP contribution in [0.5, 0.6) is 11.5 Å². The van der Waals surface area contributed by atoms with E-state index in [2.05, 4.69) is 4.98 Å². The third-order valence-corrected chi connectivity index (χ3v) is 4.87. The van der Waals surface area contributed by atoms with Gasteiger partial charge in [-0.15, -0.1) is 0 Å². The Balaban J connectivity index is 1.78. The van der Waals surface area contributed by atoms with Crippen molar-refractivity contribution >= 4 is 28.9 Å². The number of hydrogen-bond acceptors (Lipinski definition) is 7. The minimum absolute atomic E-state index is 0.161. The molecule has 0 radical (unpaired) electrons. The highest BCUT2D eigenvalue weighted by Gasteiger charge is 2.20. The summed E-state index contributed by atoms with van der Waals surface area (Å²) in [5, 5.41) is 0.840. The molecular weight excluding hydrogens is 410 g/mol. The maximum Gasteiger partial charge on any atom is 0.340 e. The number of benzene rings is 2. The number of fused-ring (bicyclic) bond motifs is 1. The lowest BCUT2D eigenvalue weighted by Crippen LogP contribution is -2.13. The molecule has 0 saturated heterocycles. The van der Waals surface area contributed by atoms with Crippen LogP contribution in [0.15, 0.2) is 48.5 Å². The van der Waals surface area contributed by atoms with Crippen molar-refractivity contribution in [1.29, 1.82) is 0 Å². The molecular formula is C25H25NO6. The molecule has 0 spiro atoms. The molecule has 1 heterocycles. The van der Waals surface area contributed by atoms with E-state index in [9.17, 15) is 9.59 Å². The van der Waals surface area contributed by atoms with E-state index in [0.29, 0.717) is 34.9 Å². The lowest BCUT2D eigenvalue weighted by molar-refractivity contribution is -0.139. The fourth-order valence-electron chi connectivity index (χ4n) is 3.33. The Bertz CT molecular complexity index is 1170. The highest BCUT2D eigenvalue weighted by Crippen LogP contribution is 2.28. The lowest BCUT2D eigenvalue weighted by atomic mass is 10.0. The molecule has 0 N–H and O–H groups in total. The summed E-state index contributed by atoms with van der Waals surface area (Å²) in [6.45, 7) is 4.07. The number of aryl methyl sites for hydroxylation is 1. The van der Waals surface area contributed by atoms with Gasteiger partial charge in [0.05, 0.1) is 37.6 Å². The van der Waals surface area contributed by atoms with Gasteiger partial charge in [-0.2, -0.15) is 0 Å². The Morgan fingerprint density at radius 2 is 1.84 bits per heavy atom. The number of hydrogen-bond donors (Lipinski definition) is 0. The minimum atomic E-state index is -0.568. The van der Waals surface area contributed by atoms with Crippen LogP contribution in [-0.2, 0) is 20.9 Å². The number of pyridine rings is 1. The molecule has 0 bridgehead atoms. The molecule has 1 aromatic heterocycles. The van der Waals surface area contributed by atoms with Gasteiger partial charge in [-0.25, -0.2) is 14.6 Å². The summed E-state index contributed by atoms with van der Waals surface area (Å²) in [5.74, 6) is 0.105. The predicted octanol–water partition coefficient (Wildman–Crippen LogP) is 4.49. The van der Waals surface area contributed by atoms with Gasteiger partial charge in [-0.3, -0.25) is 0 Å². The normalized spacial score (nSPS) is 10.9. The topological polar surface area (TPSA) is 84.0 Å². The predicted molar refractivity (Wildman–Crippen MR) is 121 cm³/mol. The Morgan fingerprint density at radius 1 is 1.06 bits per heavy atom. The first kappa shape index (κ1) is 22.8. The van der Waals surface area contributed by atoms with Crippen LogP contribution in [0.1, 0.15) is 34.1 Å². The summed E-state index contributed by atoms with van der Waals surface area (Å²) in [4.78, 5) is 29.2. The van der Waals surface area contributed by atoms with Crippen molar-refractivity contribution in [2.45, 2.75) is 20.5 Å². The molecule has 2 aromatic carbocycles. The number of carbonyl (C=O) groups excluding carboxylic acids is 2. The summed E-state index contributed by atoms with van der Waals surface area (Å²) in [7, 11) is 2.86. The quantitative estimate of drug-likeness (QED) is 0.381. The van der Waals surface area contributed by atoms with Gasteiger partial charge in [0.15, 0.2) is 11.5 Å². The number of nitrogens with zero attached hydrogens (tertiary/aromatic N) is 1. The molecule has 7 heteroatoms. The first-order chi connectivity index (χ1) is 15.5. The van der Waals surface area contributed by atoms with Gasteiger partial charge in [0.25, 0.3) is 0 Å². The molecule has 0 saturated carbocycles. The molecule has 0 atom stereocenters. The highest BCUT2D eigenvalue weighted by atomic mass is 16.5. The fraction of sp³-hybridized carbons (Fsp3) is 0.240. The average Bonchev–Trinajstić information content (AvgIpc) is 2.81. The number of methoxy groups -OCH3 is 2. The van der Waals surface area contributed by atoms with Crippen LogP contribution in [0.4, 0.5) is 0 Å². The Labute approximate surface area is 186 Å². The van der Waals surface area contributed by atoms with Gasteiger partial charge in [0.2, 0.25) is 0 Å². The van der Waals surface area contributed by atoms with E-state index in [1.807, 2.05) is 38.1 Å². The van der Waals surface area contributed by atoms with Gasteiger partial charge in [0, 0.05) is 11.5 Å². The highest BCUT2D eigenvalue weighted by molar-refractivity contribution is 5.98. The minimum Gasteiger partial charge on any atom is -0.493 e. The zero-order valence-corrected chi connectivity index (χ0v) is 18.5. The second-order valence-corrected chi connectivity index (χ2v) is 6.85. The zero-order valence-electron chi connectivity index (χ0n) is 18.5. The van der Waals surface area contributed by atoms with Crippen molar-refractivity contribution < 1.29 is 28.5 Å². The molecule has 166 valence electrons. The maximum absolute atomic E-state index is 12.3. The molecule has 0 amide bonds. The molecule has 0 aliphatic rings. The van der Waals surface area contributed by atoms with Crippen molar-refractivity contribution in [3.05, 3.63) is 70.9 Å². The van der Waals surface area contributed by atoms with E-state index in [0.717, 1.165) is 16.5 Å². The fourth-order valence-corrected chi connectivity index (χ4v) is 3.33. The Hall–Kier alpha value is -3.87. The van der Waals surface area contributed by atoms with E-state index in [-0.39, 0.29) is 6.61 Å². The zero-order chi connectivity index (χ0) is 23.1. The number of rotatable bonds is 8. The van der Waals surface area contributed by atoms with Gasteiger partial charge in [-0.1, -0.05) is 24.3 Å². The average molecular weight is 435 g/mol. The smallest absolute Gasteiger partial charge is 0.340 e. The molecule has 0 unspecified atom stereocenters. The SMILES string of the molecule is CCOc1ccc(/C=C/C(=O)OCc2nc3ccccc3c(C)c2C(=O)OC)cc1OC. The van der Waals surface area contributed by atoms with E-state index < -0.39 is 11.9 Å². The van der Waals surface area contributed by atoms with Gasteiger partial charge >= 0.3 is 11.9 Å². The van der Waals surface area contributed by atoms with Crippen LogP contribution in [0, 0.1) is 6.92 Å². The van der Waals surface area contributed by atoms with E-state index in [4.69, 9.17) is 18.9 Å². The summed E-state index contributed by atoms with van der Waals surface area (Å²) in [6, 6.07) is 12.8. The summed E-state index contributed by atoms with van der Waals surface area (Å²) in [5.41, 5.74) is 2.83.